The molecular formula is C23H37FIN7O. The third kappa shape index (κ3) is 8.09. The molecule has 1 aliphatic rings. The number of benzene rings is 1. The van der Waals surface area contributed by atoms with Gasteiger partial charge in [-0.3, -0.25) is 9.89 Å². The van der Waals surface area contributed by atoms with Crippen LogP contribution < -0.4 is 10.1 Å². The quantitative estimate of drug-likeness (QED) is 0.283. The van der Waals surface area contributed by atoms with Crippen LogP contribution in [0.1, 0.15) is 32.2 Å². The Morgan fingerprint density at radius 3 is 2.64 bits per heavy atom. The molecule has 33 heavy (non-hydrogen) atoms. The van der Waals surface area contributed by atoms with E-state index in [1.54, 1.807) is 18.5 Å². The van der Waals surface area contributed by atoms with Gasteiger partial charge in [0.05, 0.1) is 7.11 Å². The predicted octanol–water partition coefficient (Wildman–Crippen LogP) is 3.03. The van der Waals surface area contributed by atoms with Crippen molar-refractivity contribution in [2.75, 3.05) is 46.4 Å². The SMILES string of the molecule is CCc1nncn1CCNC(=NCC(C)C)N1CCN(Cc2ccc(OC)c(F)c2)CC1.I. The number of piperazine rings is 1. The van der Waals surface area contributed by atoms with E-state index in [1.165, 1.54) is 7.11 Å². The molecule has 1 fully saturated rings. The van der Waals surface area contributed by atoms with Crippen LogP contribution >= 0.6 is 24.0 Å². The van der Waals surface area contributed by atoms with Crippen LogP contribution in [0.15, 0.2) is 29.5 Å². The van der Waals surface area contributed by atoms with Gasteiger partial charge in [-0.2, -0.15) is 0 Å². The lowest BCUT2D eigenvalue weighted by Crippen LogP contribution is -2.52. The Balaban J connectivity index is 0.00000385. The Morgan fingerprint density at radius 1 is 1.24 bits per heavy atom. The largest absolute Gasteiger partial charge is 0.494 e. The van der Waals surface area contributed by atoms with Crippen molar-refractivity contribution in [3.63, 3.8) is 0 Å². The summed E-state index contributed by atoms with van der Waals surface area (Å²) in [4.78, 5) is 9.53. The molecule has 1 aliphatic heterocycles. The van der Waals surface area contributed by atoms with Crippen molar-refractivity contribution in [3.05, 3.63) is 41.7 Å². The molecule has 184 valence electrons. The number of aromatic nitrogens is 3. The number of nitrogens with zero attached hydrogens (tertiary/aromatic N) is 6. The Kier molecular flexibility index (Phi) is 11.3. The first kappa shape index (κ1) is 27.3. The van der Waals surface area contributed by atoms with Crippen LogP contribution in [-0.4, -0.2) is 76.9 Å². The minimum atomic E-state index is -0.310. The summed E-state index contributed by atoms with van der Waals surface area (Å²) >= 11 is 0. The molecule has 8 nitrogen and oxygen atoms in total. The number of ether oxygens (including phenoxy) is 1. The predicted molar refractivity (Wildman–Crippen MR) is 140 cm³/mol. The Hall–Kier alpha value is -1.95. The molecule has 0 unspecified atom stereocenters. The summed E-state index contributed by atoms with van der Waals surface area (Å²) < 4.78 is 21.1. The van der Waals surface area contributed by atoms with E-state index in [9.17, 15) is 4.39 Å². The van der Waals surface area contributed by atoms with E-state index in [-0.39, 0.29) is 35.5 Å². The van der Waals surface area contributed by atoms with E-state index in [0.29, 0.717) is 5.92 Å². The number of hydrogen-bond acceptors (Lipinski definition) is 5. The minimum absolute atomic E-state index is 0. The average Bonchev–Trinajstić information content (AvgIpc) is 3.24. The topological polar surface area (TPSA) is 70.8 Å². The van der Waals surface area contributed by atoms with Crippen molar-refractivity contribution in [2.45, 2.75) is 40.3 Å². The van der Waals surface area contributed by atoms with Crippen LogP contribution in [0.4, 0.5) is 4.39 Å². The molecule has 0 amide bonds. The molecule has 1 aromatic carbocycles. The van der Waals surface area contributed by atoms with Gasteiger partial charge in [0, 0.05) is 58.8 Å². The van der Waals surface area contributed by atoms with Gasteiger partial charge in [0.2, 0.25) is 0 Å². The number of halogens is 2. The van der Waals surface area contributed by atoms with Crippen molar-refractivity contribution in [1.29, 1.82) is 0 Å². The molecule has 1 aromatic heterocycles. The molecule has 0 saturated carbocycles. The number of aryl methyl sites for hydroxylation is 1. The van der Waals surface area contributed by atoms with Crippen molar-refractivity contribution >= 4 is 29.9 Å². The summed E-state index contributed by atoms with van der Waals surface area (Å²) in [5.41, 5.74) is 0.962. The molecule has 10 heteroatoms. The average molecular weight is 573 g/mol. The van der Waals surface area contributed by atoms with E-state index < -0.39 is 0 Å². The summed E-state index contributed by atoms with van der Waals surface area (Å²) in [5, 5.41) is 11.7. The molecule has 0 bridgehead atoms. The molecule has 2 heterocycles. The third-order valence-corrected chi connectivity index (χ3v) is 5.55. The highest BCUT2D eigenvalue weighted by atomic mass is 127. The number of hydrogen-bond donors (Lipinski definition) is 1. The highest BCUT2D eigenvalue weighted by molar-refractivity contribution is 14.0. The first-order chi connectivity index (χ1) is 15.5. The Morgan fingerprint density at radius 2 is 2.00 bits per heavy atom. The number of guanidine groups is 1. The van der Waals surface area contributed by atoms with Crippen LogP contribution in [0, 0.1) is 11.7 Å². The van der Waals surface area contributed by atoms with Gasteiger partial charge >= 0.3 is 0 Å². The van der Waals surface area contributed by atoms with E-state index >= 15 is 0 Å². The maximum Gasteiger partial charge on any atom is 0.194 e. The third-order valence-electron chi connectivity index (χ3n) is 5.55. The number of aliphatic imine (C=N–C) groups is 1. The number of nitrogens with one attached hydrogen (secondary N) is 1. The number of rotatable bonds is 9. The fourth-order valence-corrected chi connectivity index (χ4v) is 3.75. The van der Waals surface area contributed by atoms with Gasteiger partial charge in [0.1, 0.15) is 12.2 Å². The smallest absolute Gasteiger partial charge is 0.194 e. The van der Waals surface area contributed by atoms with E-state index in [4.69, 9.17) is 9.73 Å². The monoisotopic (exact) mass is 573 g/mol. The summed E-state index contributed by atoms with van der Waals surface area (Å²) in [7, 11) is 1.48. The molecule has 1 N–H and O–H groups in total. The standard InChI is InChI=1S/C23H36FN7O.HI/c1-5-22-28-27-17-31(22)9-8-25-23(26-15-18(2)3)30-12-10-29(11-13-30)16-19-6-7-21(32-4)20(24)14-19;/h6-7,14,17-18H,5,8-13,15-16H2,1-4H3,(H,25,26);1H. The van der Waals surface area contributed by atoms with Crippen LogP contribution in [0.3, 0.4) is 0 Å². The molecule has 0 spiro atoms. The zero-order chi connectivity index (χ0) is 22.9. The van der Waals surface area contributed by atoms with Gasteiger partial charge in [-0.1, -0.05) is 26.8 Å². The van der Waals surface area contributed by atoms with Gasteiger partial charge < -0.3 is 19.5 Å². The minimum Gasteiger partial charge on any atom is -0.494 e. The van der Waals surface area contributed by atoms with Crippen LogP contribution in [0.25, 0.3) is 0 Å². The van der Waals surface area contributed by atoms with Gasteiger partial charge in [0.25, 0.3) is 0 Å². The molecule has 0 atom stereocenters. The molecule has 1 saturated heterocycles. The van der Waals surface area contributed by atoms with E-state index in [0.717, 1.165) is 76.1 Å². The Labute approximate surface area is 213 Å². The van der Waals surface area contributed by atoms with Crippen LogP contribution in [0.2, 0.25) is 0 Å². The molecule has 2 aromatic rings. The first-order valence-corrected chi connectivity index (χ1v) is 11.4. The highest BCUT2D eigenvalue weighted by Crippen LogP contribution is 2.19. The lowest BCUT2D eigenvalue weighted by Gasteiger charge is -2.36. The summed E-state index contributed by atoms with van der Waals surface area (Å²) in [5.74, 6) is 2.43. The summed E-state index contributed by atoms with van der Waals surface area (Å²) in [6.07, 6.45) is 2.65. The van der Waals surface area contributed by atoms with Crippen LogP contribution in [-0.2, 0) is 19.5 Å². The normalized spacial score (nSPS) is 15.0. The lowest BCUT2D eigenvalue weighted by molar-refractivity contribution is 0.172. The van der Waals surface area contributed by atoms with Gasteiger partial charge in [-0.25, -0.2) is 4.39 Å². The lowest BCUT2D eigenvalue weighted by atomic mass is 10.2. The van der Waals surface area contributed by atoms with Crippen molar-refractivity contribution in [1.82, 2.24) is 29.9 Å². The molecule has 3 rings (SSSR count). The second-order valence-electron chi connectivity index (χ2n) is 8.51. The maximum absolute atomic E-state index is 14.0. The van der Waals surface area contributed by atoms with Crippen molar-refractivity contribution < 1.29 is 9.13 Å². The van der Waals surface area contributed by atoms with Crippen molar-refractivity contribution in [2.24, 2.45) is 10.9 Å². The van der Waals surface area contributed by atoms with Crippen molar-refractivity contribution in [3.8, 4) is 5.75 Å². The van der Waals surface area contributed by atoms with E-state index in [1.807, 2.05) is 6.07 Å². The molecule has 0 aliphatic carbocycles. The zero-order valence-electron chi connectivity index (χ0n) is 20.1. The van der Waals surface area contributed by atoms with Gasteiger partial charge in [-0.05, 0) is 23.6 Å². The molecule has 0 radical (unpaired) electrons. The van der Waals surface area contributed by atoms with E-state index in [2.05, 4.69) is 50.7 Å². The zero-order valence-corrected chi connectivity index (χ0v) is 22.5. The second-order valence-corrected chi connectivity index (χ2v) is 8.51. The fourth-order valence-electron chi connectivity index (χ4n) is 3.75. The summed E-state index contributed by atoms with van der Waals surface area (Å²) in [6, 6.07) is 5.19. The fraction of sp³-hybridized carbons (Fsp3) is 0.609. The van der Waals surface area contributed by atoms with Crippen LogP contribution in [0.5, 0.6) is 5.75 Å². The maximum atomic E-state index is 14.0. The summed E-state index contributed by atoms with van der Waals surface area (Å²) in [6.45, 7) is 13.1. The van der Waals surface area contributed by atoms with Gasteiger partial charge in [0.15, 0.2) is 17.5 Å². The first-order valence-electron chi connectivity index (χ1n) is 11.4. The van der Waals surface area contributed by atoms with Gasteiger partial charge in [-0.15, -0.1) is 34.2 Å². The number of methoxy groups -OCH3 is 1. The molecular weight excluding hydrogens is 536 g/mol. The highest BCUT2D eigenvalue weighted by Gasteiger charge is 2.20. The second kappa shape index (κ2) is 13.7. The Bertz CT molecular complexity index is 881.